The maximum Gasteiger partial charge on any atom is 0.307 e. The summed E-state index contributed by atoms with van der Waals surface area (Å²) in [4.78, 5) is 23.1. The van der Waals surface area contributed by atoms with Crippen LogP contribution in [0, 0.1) is 11.8 Å². The predicted molar refractivity (Wildman–Crippen MR) is 85.5 cm³/mol. The molecule has 0 unspecified atom stereocenters. The number of tetrazole rings is 1. The Morgan fingerprint density at radius 1 is 1.32 bits per heavy atom. The number of carbonyl (C=O) groups excluding carboxylic acids is 1. The van der Waals surface area contributed by atoms with Crippen LogP contribution in [-0.2, 0) is 9.59 Å². The third kappa shape index (κ3) is 2.92. The molecule has 2 aromatic rings. The fourth-order valence-electron chi connectivity index (χ4n) is 2.89. The van der Waals surface area contributed by atoms with Gasteiger partial charge in [-0.25, -0.2) is 0 Å². The second-order valence-corrected chi connectivity index (χ2v) is 6.39. The van der Waals surface area contributed by atoms with Gasteiger partial charge < -0.3 is 15.2 Å². The number of aromatic nitrogens is 4. The number of carbonyl (C=O) groups is 2. The zero-order valence-corrected chi connectivity index (χ0v) is 13.5. The second kappa shape index (κ2) is 5.83. The van der Waals surface area contributed by atoms with E-state index >= 15 is 0 Å². The molecule has 2 aliphatic carbocycles. The van der Waals surface area contributed by atoms with E-state index in [9.17, 15) is 9.59 Å². The lowest BCUT2D eigenvalue weighted by Crippen LogP contribution is -2.17. The van der Waals surface area contributed by atoms with Gasteiger partial charge in [-0.3, -0.25) is 9.59 Å². The van der Waals surface area contributed by atoms with Gasteiger partial charge in [0.2, 0.25) is 5.91 Å². The van der Waals surface area contributed by atoms with Gasteiger partial charge in [0.25, 0.3) is 0 Å². The Balaban J connectivity index is 1.59. The Morgan fingerprint density at radius 3 is 2.76 bits per heavy atom. The predicted octanol–water partition coefficient (Wildman–Crippen LogP) is 1.21. The highest BCUT2D eigenvalue weighted by molar-refractivity contribution is 5.98. The minimum Gasteiger partial charge on any atom is -0.494 e. The van der Waals surface area contributed by atoms with Crippen LogP contribution >= 0.6 is 0 Å². The third-order valence-electron chi connectivity index (χ3n) is 4.56. The molecule has 2 saturated carbocycles. The Bertz CT molecular complexity index is 845. The summed E-state index contributed by atoms with van der Waals surface area (Å²) in [6, 6.07) is 5.17. The molecule has 0 aliphatic heterocycles. The average Bonchev–Trinajstić information content (AvgIpc) is 3.52. The van der Waals surface area contributed by atoms with Crippen molar-refractivity contribution in [2.24, 2.45) is 11.8 Å². The summed E-state index contributed by atoms with van der Waals surface area (Å²) in [6.45, 7) is 0. The zero-order chi connectivity index (χ0) is 17.6. The highest BCUT2D eigenvalue weighted by atomic mass is 16.5. The van der Waals surface area contributed by atoms with Gasteiger partial charge in [0, 0.05) is 11.6 Å². The highest BCUT2D eigenvalue weighted by Gasteiger charge is 2.48. The van der Waals surface area contributed by atoms with Crippen molar-refractivity contribution in [1.29, 1.82) is 0 Å². The molecule has 130 valence electrons. The summed E-state index contributed by atoms with van der Waals surface area (Å²) in [5.74, 6) is -0.574. The molecule has 9 heteroatoms. The van der Waals surface area contributed by atoms with Gasteiger partial charge in [-0.2, -0.15) is 4.68 Å². The van der Waals surface area contributed by atoms with E-state index in [1.165, 1.54) is 0 Å². The molecule has 0 bridgehead atoms. The van der Waals surface area contributed by atoms with Crippen LogP contribution in [0.5, 0.6) is 5.75 Å². The molecule has 4 rings (SSSR count). The Kier molecular flexibility index (Phi) is 3.63. The Morgan fingerprint density at radius 2 is 2.12 bits per heavy atom. The second-order valence-electron chi connectivity index (χ2n) is 6.39. The number of carboxylic acid groups (broad SMARTS) is 1. The number of nitrogens with one attached hydrogen (secondary N) is 1. The molecule has 1 aromatic heterocycles. The van der Waals surface area contributed by atoms with E-state index in [4.69, 9.17) is 9.84 Å². The monoisotopic (exact) mass is 343 g/mol. The van der Waals surface area contributed by atoms with Gasteiger partial charge in [-0.15, -0.1) is 5.10 Å². The molecule has 25 heavy (non-hydrogen) atoms. The number of nitrogens with zero attached hydrogens (tertiary/aromatic N) is 4. The topological polar surface area (TPSA) is 119 Å². The van der Waals surface area contributed by atoms with Crippen molar-refractivity contribution in [1.82, 2.24) is 20.2 Å². The maximum atomic E-state index is 12.2. The van der Waals surface area contributed by atoms with Crippen molar-refractivity contribution in [2.75, 3.05) is 12.4 Å². The van der Waals surface area contributed by atoms with Crippen LogP contribution in [-0.4, -0.2) is 44.3 Å². The number of hydrogen-bond donors (Lipinski definition) is 2. The number of benzene rings is 1. The van der Waals surface area contributed by atoms with Crippen molar-refractivity contribution in [3.63, 3.8) is 0 Å². The average molecular weight is 343 g/mol. The van der Waals surface area contributed by atoms with Gasteiger partial charge in [0.1, 0.15) is 11.4 Å². The van der Waals surface area contributed by atoms with Crippen LogP contribution in [0.3, 0.4) is 0 Å². The Labute approximate surface area is 143 Å². The molecule has 1 aromatic carbocycles. The lowest BCUT2D eigenvalue weighted by molar-refractivity contribution is -0.139. The first-order chi connectivity index (χ1) is 12.1. The quantitative estimate of drug-likeness (QED) is 0.809. The molecule has 0 radical (unpaired) electrons. The molecule has 0 saturated heterocycles. The minimum absolute atomic E-state index is 0.289. The normalized spacial score (nSPS) is 21.6. The van der Waals surface area contributed by atoms with E-state index in [1.807, 2.05) is 0 Å². The summed E-state index contributed by atoms with van der Waals surface area (Å²) in [5.41, 5.74) is 1.19. The summed E-state index contributed by atoms with van der Waals surface area (Å²) in [6.07, 6.45) is 2.48. The fraction of sp³-hybridized carbons (Fsp3) is 0.438. The first kappa shape index (κ1) is 15.6. The van der Waals surface area contributed by atoms with Crippen molar-refractivity contribution in [2.45, 2.75) is 25.2 Å². The maximum absolute atomic E-state index is 12.2. The lowest BCUT2D eigenvalue weighted by Gasteiger charge is -2.12. The highest BCUT2D eigenvalue weighted by Crippen LogP contribution is 2.41. The summed E-state index contributed by atoms with van der Waals surface area (Å²) < 4.78 is 7.01. The van der Waals surface area contributed by atoms with Gasteiger partial charge >= 0.3 is 5.97 Å². The van der Waals surface area contributed by atoms with E-state index in [1.54, 1.807) is 30.0 Å². The number of ether oxygens (including phenoxy) is 1. The third-order valence-corrected chi connectivity index (χ3v) is 4.56. The smallest absolute Gasteiger partial charge is 0.307 e. The number of aliphatic carboxylic acids is 1. The van der Waals surface area contributed by atoms with Crippen molar-refractivity contribution < 1.29 is 19.4 Å². The van der Waals surface area contributed by atoms with Gasteiger partial charge in [0.15, 0.2) is 5.82 Å². The summed E-state index contributed by atoms with van der Waals surface area (Å²) in [5, 5.41) is 23.6. The molecule has 2 aliphatic rings. The van der Waals surface area contributed by atoms with Crippen LogP contribution in [0.1, 0.15) is 31.0 Å². The lowest BCUT2D eigenvalue weighted by atomic mass is 10.2. The first-order valence-corrected chi connectivity index (χ1v) is 8.09. The number of anilines is 1. The number of rotatable bonds is 6. The van der Waals surface area contributed by atoms with Gasteiger partial charge in [0.05, 0.1) is 18.9 Å². The summed E-state index contributed by atoms with van der Waals surface area (Å²) in [7, 11) is 1.56. The van der Waals surface area contributed by atoms with Crippen molar-refractivity contribution in [3.05, 3.63) is 24.0 Å². The van der Waals surface area contributed by atoms with Crippen LogP contribution < -0.4 is 10.1 Å². The number of carboxylic acids is 1. The molecule has 0 spiro atoms. The number of hydrogen-bond acceptors (Lipinski definition) is 6. The van der Waals surface area contributed by atoms with Crippen molar-refractivity contribution >= 4 is 17.6 Å². The van der Waals surface area contributed by atoms with E-state index in [2.05, 4.69) is 20.8 Å². The fourth-order valence-corrected chi connectivity index (χ4v) is 2.89. The molecular weight excluding hydrogens is 326 g/mol. The van der Waals surface area contributed by atoms with Gasteiger partial charge in [-0.1, -0.05) is 0 Å². The summed E-state index contributed by atoms with van der Waals surface area (Å²) >= 11 is 0. The largest absolute Gasteiger partial charge is 0.494 e. The molecule has 2 fully saturated rings. The molecule has 1 amide bonds. The number of amides is 1. The minimum atomic E-state index is -0.932. The van der Waals surface area contributed by atoms with Crippen LogP contribution in [0.25, 0.3) is 5.69 Å². The van der Waals surface area contributed by atoms with Crippen LogP contribution in [0.15, 0.2) is 18.2 Å². The van der Waals surface area contributed by atoms with E-state index in [0.717, 1.165) is 18.7 Å². The molecule has 9 nitrogen and oxygen atoms in total. The Hall–Kier alpha value is -2.97. The number of methoxy groups -OCH3 is 1. The first-order valence-electron chi connectivity index (χ1n) is 8.09. The molecule has 2 N–H and O–H groups in total. The standard InChI is InChI=1S/C16H17N5O4/c1-25-13-5-4-9(17-15(22)10-7-11(10)16(23)24)6-12(13)21-14(8-2-3-8)18-19-20-21/h4-6,8,10-11H,2-3,7H2,1H3,(H,17,22)(H,23,24)/t10-,11-/m1/s1. The van der Waals surface area contributed by atoms with Gasteiger partial charge in [-0.05, 0) is 47.9 Å². The SMILES string of the molecule is COc1ccc(NC(=O)[C@@H]2C[C@H]2C(=O)O)cc1-n1nnnc1C1CC1. The van der Waals surface area contributed by atoms with E-state index in [0.29, 0.717) is 29.5 Å². The zero-order valence-electron chi connectivity index (χ0n) is 13.5. The molecular formula is C16H17N5O4. The molecule has 2 atom stereocenters. The van der Waals surface area contributed by atoms with E-state index < -0.39 is 17.8 Å². The van der Waals surface area contributed by atoms with Crippen LogP contribution in [0.4, 0.5) is 5.69 Å². The van der Waals surface area contributed by atoms with Crippen LogP contribution in [0.2, 0.25) is 0 Å². The van der Waals surface area contributed by atoms with Crippen molar-refractivity contribution in [3.8, 4) is 11.4 Å². The van der Waals surface area contributed by atoms with E-state index in [-0.39, 0.29) is 5.91 Å². The molecule has 1 heterocycles.